The van der Waals surface area contributed by atoms with Gasteiger partial charge in [0.25, 0.3) is 0 Å². The minimum atomic E-state index is -2.48. The summed E-state index contributed by atoms with van der Waals surface area (Å²) in [5.74, 6) is -6.20. The van der Waals surface area contributed by atoms with E-state index in [1.165, 1.54) is 6.92 Å². The molecule has 0 spiro atoms. The van der Waals surface area contributed by atoms with Crippen LogP contribution in [0.1, 0.15) is 19.8 Å². The molecule has 0 aromatic rings. The first kappa shape index (κ1) is 18.3. The Morgan fingerprint density at radius 3 is 1.80 bits per heavy atom. The van der Waals surface area contributed by atoms with Crippen molar-refractivity contribution in [3.8, 4) is 0 Å². The number of aliphatic carboxylic acids is 4. The molecule has 4 N–H and O–H groups in total. The fraction of sp³-hybridized carbons (Fsp3) is 0.556. The molecule has 112 valence electrons. The molecule has 2 radical (unpaired) electrons. The molecular formula is C9H12GeO10. The van der Waals surface area contributed by atoms with Gasteiger partial charge in [-0.3, -0.25) is 0 Å². The number of carboxylic acid groups (broad SMARTS) is 4. The standard InChI is InChI=1S/C9H12GeO10/c1-4(7(15)16)19-10-20-9(8(17)18,2-5(11)12)3-6(13)14/h4H,2-3H2,1H3,(H,11,12)(H,13,14)(H,15,16)(H,17,18). The first-order valence-electron chi connectivity index (χ1n) is 5.09. The topological polar surface area (TPSA) is 168 Å². The molecule has 1 unspecified atom stereocenters. The molecular weight excluding hydrogens is 341 g/mol. The molecule has 0 aromatic carbocycles. The van der Waals surface area contributed by atoms with E-state index in [2.05, 4.69) is 0 Å². The predicted molar refractivity (Wildman–Crippen MR) is 59.9 cm³/mol. The zero-order valence-corrected chi connectivity index (χ0v) is 12.3. The third-order valence-corrected chi connectivity index (χ3v) is 4.01. The molecule has 0 aliphatic carbocycles. The Bertz CT molecular complexity index is 390. The van der Waals surface area contributed by atoms with Crippen molar-refractivity contribution in [3.05, 3.63) is 0 Å². The van der Waals surface area contributed by atoms with Gasteiger partial charge in [0.2, 0.25) is 0 Å². The predicted octanol–water partition coefficient (Wildman–Crippen LogP) is -1.20. The van der Waals surface area contributed by atoms with Gasteiger partial charge in [0.05, 0.1) is 0 Å². The van der Waals surface area contributed by atoms with Gasteiger partial charge >= 0.3 is 119 Å². The molecule has 10 nitrogen and oxygen atoms in total. The Morgan fingerprint density at radius 1 is 1.05 bits per heavy atom. The van der Waals surface area contributed by atoms with E-state index in [4.69, 9.17) is 28.0 Å². The molecule has 20 heavy (non-hydrogen) atoms. The molecule has 0 amide bonds. The van der Waals surface area contributed by atoms with Crippen molar-refractivity contribution >= 4 is 40.0 Å². The summed E-state index contributed by atoms with van der Waals surface area (Å²) in [5, 5.41) is 34.8. The van der Waals surface area contributed by atoms with E-state index in [-0.39, 0.29) is 0 Å². The molecule has 0 bridgehead atoms. The van der Waals surface area contributed by atoms with Crippen molar-refractivity contribution in [2.75, 3.05) is 0 Å². The van der Waals surface area contributed by atoms with Crippen LogP contribution in [0.4, 0.5) is 0 Å². The van der Waals surface area contributed by atoms with Gasteiger partial charge in [0.1, 0.15) is 0 Å². The summed E-state index contributed by atoms with van der Waals surface area (Å²) in [7, 11) is 0. The first-order valence-corrected chi connectivity index (χ1v) is 6.80. The SMILES string of the molecule is CC([O][Ge][O]C(CC(=O)O)(CC(=O)O)C(=O)O)C(=O)O. The molecule has 0 aliphatic rings. The van der Waals surface area contributed by atoms with Gasteiger partial charge in [-0.1, -0.05) is 0 Å². The van der Waals surface area contributed by atoms with Gasteiger partial charge in [0, 0.05) is 0 Å². The van der Waals surface area contributed by atoms with Crippen LogP contribution >= 0.6 is 0 Å². The van der Waals surface area contributed by atoms with E-state index in [0.29, 0.717) is 0 Å². The van der Waals surface area contributed by atoms with Crippen LogP contribution in [0.2, 0.25) is 0 Å². The van der Waals surface area contributed by atoms with E-state index in [9.17, 15) is 19.2 Å². The summed E-state index contributed by atoms with van der Waals surface area (Å²) >= 11 is -2.07. The van der Waals surface area contributed by atoms with Crippen LogP contribution in [0.3, 0.4) is 0 Å². The second-order valence-electron chi connectivity index (χ2n) is 3.72. The maximum atomic E-state index is 11.1. The Balaban J connectivity index is 4.91. The van der Waals surface area contributed by atoms with Crippen molar-refractivity contribution in [1.29, 1.82) is 0 Å². The van der Waals surface area contributed by atoms with E-state index < -0.39 is 64.5 Å². The second-order valence-corrected chi connectivity index (χ2v) is 5.00. The summed E-state index contributed by atoms with van der Waals surface area (Å²) < 4.78 is 9.54. The molecule has 0 saturated carbocycles. The average Bonchev–Trinajstić information content (AvgIpc) is 2.26. The Hall–Kier alpha value is -1.66. The quantitative estimate of drug-likeness (QED) is 0.350. The van der Waals surface area contributed by atoms with Crippen LogP contribution < -0.4 is 0 Å². The molecule has 0 fully saturated rings. The number of hydrogen-bond donors (Lipinski definition) is 4. The van der Waals surface area contributed by atoms with Crippen molar-refractivity contribution in [2.45, 2.75) is 31.5 Å². The van der Waals surface area contributed by atoms with Crippen LogP contribution in [0, 0.1) is 0 Å². The molecule has 11 heteroatoms. The fourth-order valence-electron chi connectivity index (χ4n) is 1.04. The van der Waals surface area contributed by atoms with Crippen LogP contribution in [0.5, 0.6) is 0 Å². The first-order chi connectivity index (χ1) is 9.10. The van der Waals surface area contributed by atoms with E-state index in [1.807, 2.05) is 0 Å². The van der Waals surface area contributed by atoms with Crippen molar-refractivity contribution in [2.24, 2.45) is 0 Å². The summed E-state index contributed by atoms with van der Waals surface area (Å²) in [6.07, 6.45) is -3.43. The Kier molecular flexibility index (Phi) is 7.17. The van der Waals surface area contributed by atoms with Crippen molar-refractivity contribution in [1.82, 2.24) is 0 Å². The van der Waals surface area contributed by atoms with Gasteiger partial charge < -0.3 is 0 Å². The summed E-state index contributed by atoms with van der Waals surface area (Å²) in [6.45, 7) is 1.17. The molecule has 0 aromatic heterocycles. The molecule has 0 saturated heterocycles. The zero-order valence-electron chi connectivity index (χ0n) is 10.2. The van der Waals surface area contributed by atoms with Gasteiger partial charge in [-0.15, -0.1) is 0 Å². The van der Waals surface area contributed by atoms with Gasteiger partial charge in [0.15, 0.2) is 0 Å². The number of rotatable bonds is 10. The number of hydrogen-bond acceptors (Lipinski definition) is 6. The van der Waals surface area contributed by atoms with Crippen LogP contribution in [0.15, 0.2) is 0 Å². The van der Waals surface area contributed by atoms with Crippen LogP contribution in [-0.2, 0) is 26.7 Å². The third kappa shape index (κ3) is 5.99. The monoisotopic (exact) mass is 354 g/mol. The summed E-state index contributed by atoms with van der Waals surface area (Å²) in [6, 6.07) is 0. The van der Waals surface area contributed by atoms with Crippen molar-refractivity contribution in [3.63, 3.8) is 0 Å². The fourth-order valence-corrected chi connectivity index (χ4v) is 2.48. The molecule has 0 heterocycles. The maximum absolute atomic E-state index is 11.1. The molecule has 0 aliphatic heterocycles. The Morgan fingerprint density at radius 2 is 1.50 bits per heavy atom. The number of carboxylic acids is 4. The molecule has 0 rings (SSSR count). The van der Waals surface area contributed by atoms with Gasteiger partial charge in [-0.25, -0.2) is 0 Å². The molecule has 1 atom stereocenters. The summed E-state index contributed by atoms with van der Waals surface area (Å²) in [4.78, 5) is 42.9. The van der Waals surface area contributed by atoms with Gasteiger partial charge in [-0.05, 0) is 0 Å². The second kappa shape index (κ2) is 7.82. The van der Waals surface area contributed by atoms with E-state index in [1.54, 1.807) is 0 Å². The zero-order chi connectivity index (χ0) is 15.9. The van der Waals surface area contributed by atoms with Crippen molar-refractivity contribution < 1.29 is 47.1 Å². The normalized spacial score (nSPS) is 12.7. The average molecular weight is 353 g/mol. The third-order valence-electron chi connectivity index (χ3n) is 2.07. The summed E-state index contributed by atoms with van der Waals surface area (Å²) in [5.41, 5.74) is -2.48. The minimum absolute atomic E-state index is 1.08. The Labute approximate surface area is 119 Å². The van der Waals surface area contributed by atoms with E-state index in [0.717, 1.165) is 0 Å². The van der Waals surface area contributed by atoms with Crippen LogP contribution in [0.25, 0.3) is 0 Å². The van der Waals surface area contributed by atoms with Gasteiger partial charge in [-0.2, -0.15) is 0 Å². The van der Waals surface area contributed by atoms with Crippen LogP contribution in [-0.4, -0.2) is 72.1 Å². The van der Waals surface area contributed by atoms with E-state index >= 15 is 0 Å². The number of carbonyl (C=O) groups is 4.